The summed E-state index contributed by atoms with van der Waals surface area (Å²) in [7, 11) is 0. The maximum Gasteiger partial charge on any atom is 0.143 e. The molecule has 3 rings (SSSR count). The van der Waals surface area contributed by atoms with Gasteiger partial charge in [0, 0.05) is 0 Å². The molecule has 0 fully saturated rings. The number of phenolic OH excluding ortho intramolecular Hbond substituents is 1. The zero-order chi connectivity index (χ0) is 17.3. The minimum absolute atomic E-state index is 0.159. The lowest BCUT2D eigenvalue weighted by Crippen LogP contribution is -2.18. The first kappa shape index (κ1) is 16.5. The van der Waals surface area contributed by atoms with Crippen LogP contribution >= 0.6 is 0 Å². The summed E-state index contributed by atoms with van der Waals surface area (Å²) in [4.78, 5) is 1.54. The number of nitrogens with zero attached hydrogens (tertiary/aromatic N) is 3. The third-order valence-corrected chi connectivity index (χ3v) is 4.53. The number of hydrogen-bond donors (Lipinski definition) is 1. The van der Waals surface area contributed by atoms with E-state index in [4.69, 9.17) is 0 Å². The van der Waals surface area contributed by atoms with Gasteiger partial charge in [-0.1, -0.05) is 52.3 Å². The van der Waals surface area contributed by atoms with Gasteiger partial charge >= 0.3 is 0 Å². The Labute approximate surface area is 143 Å². The topological polar surface area (TPSA) is 50.9 Å². The number of aromatic nitrogens is 3. The van der Waals surface area contributed by atoms with Gasteiger partial charge in [-0.25, -0.2) is 0 Å². The molecular formula is C20H25N3O. The molecule has 0 aliphatic rings. The summed E-state index contributed by atoms with van der Waals surface area (Å²) in [5.41, 5.74) is 3.66. The summed E-state index contributed by atoms with van der Waals surface area (Å²) in [6, 6.07) is 13.5. The molecule has 1 atom stereocenters. The molecule has 1 aromatic heterocycles. The first-order valence-corrected chi connectivity index (χ1v) is 8.55. The van der Waals surface area contributed by atoms with Gasteiger partial charge in [-0.2, -0.15) is 0 Å². The summed E-state index contributed by atoms with van der Waals surface area (Å²) < 4.78 is 0. The number of fused-ring (bicyclic) bond motifs is 1. The van der Waals surface area contributed by atoms with Crippen molar-refractivity contribution in [3.63, 3.8) is 0 Å². The molecule has 1 N–H and O–H groups in total. The average Bonchev–Trinajstić information content (AvgIpc) is 2.96. The van der Waals surface area contributed by atoms with E-state index in [1.165, 1.54) is 10.4 Å². The fraction of sp³-hybridized carbons (Fsp3) is 0.400. The Morgan fingerprint density at radius 3 is 2.21 bits per heavy atom. The molecule has 0 bridgehead atoms. The molecule has 3 aromatic rings. The molecule has 126 valence electrons. The molecule has 1 heterocycles. The lowest BCUT2D eigenvalue weighted by Gasteiger charge is -2.31. The minimum Gasteiger partial charge on any atom is -0.506 e. The Morgan fingerprint density at radius 2 is 1.67 bits per heavy atom. The van der Waals surface area contributed by atoms with Crippen LogP contribution < -0.4 is 0 Å². The second-order valence-electron chi connectivity index (χ2n) is 7.43. The van der Waals surface area contributed by atoms with Gasteiger partial charge in [0.05, 0.1) is 0 Å². The van der Waals surface area contributed by atoms with Gasteiger partial charge in [-0.3, -0.25) is 0 Å². The Morgan fingerprint density at radius 1 is 1.04 bits per heavy atom. The van der Waals surface area contributed by atoms with Crippen molar-refractivity contribution >= 4 is 11.0 Å². The van der Waals surface area contributed by atoms with E-state index in [0.717, 1.165) is 23.9 Å². The summed E-state index contributed by atoms with van der Waals surface area (Å²) in [6.45, 7) is 9.00. The largest absolute Gasteiger partial charge is 0.506 e. The monoisotopic (exact) mass is 323 g/mol. The smallest absolute Gasteiger partial charge is 0.143 e. The summed E-state index contributed by atoms with van der Waals surface area (Å²) in [6.07, 6.45) is 2.24. The normalized spacial score (nSPS) is 13.3. The van der Waals surface area contributed by atoms with E-state index in [1.54, 1.807) is 6.07 Å². The lowest BCUT2D eigenvalue weighted by molar-refractivity contribution is 0.302. The van der Waals surface area contributed by atoms with Gasteiger partial charge in [-0.05, 0) is 47.6 Å². The van der Waals surface area contributed by atoms with Crippen molar-refractivity contribution in [2.45, 2.75) is 46.5 Å². The maximum absolute atomic E-state index is 10.3. The van der Waals surface area contributed by atoms with Gasteiger partial charge < -0.3 is 5.11 Å². The van der Waals surface area contributed by atoms with Crippen LogP contribution in [-0.4, -0.2) is 20.1 Å². The summed E-state index contributed by atoms with van der Waals surface area (Å²) in [5, 5.41) is 19.3. The van der Waals surface area contributed by atoms with E-state index in [1.807, 2.05) is 36.4 Å². The quantitative estimate of drug-likeness (QED) is 0.730. The highest BCUT2D eigenvalue weighted by Gasteiger charge is 2.26. The molecule has 0 aliphatic heterocycles. The fourth-order valence-electron chi connectivity index (χ4n) is 3.27. The average molecular weight is 323 g/mol. The predicted octanol–water partition coefficient (Wildman–Crippen LogP) is 5.06. The summed E-state index contributed by atoms with van der Waals surface area (Å²) >= 11 is 0. The number of benzene rings is 2. The van der Waals surface area contributed by atoms with Crippen LogP contribution in [0.5, 0.6) is 5.75 Å². The minimum atomic E-state index is 0.159. The van der Waals surface area contributed by atoms with Crippen molar-refractivity contribution in [1.29, 1.82) is 0 Å². The van der Waals surface area contributed by atoms with Crippen molar-refractivity contribution in [3.05, 3.63) is 48.0 Å². The first-order valence-electron chi connectivity index (χ1n) is 8.55. The van der Waals surface area contributed by atoms with Crippen LogP contribution in [0.1, 0.15) is 52.0 Å². The van der Waals surface area contributed by atoms with E-state index in [-0.39, 0.29) is 11.2 Å². The fourth-order valence-corrected chi connectivity index (χ4v) is 3.27. The van der Waals surface area contributed by atoms with Crippen molar-refractivity contribution in [1.82, 2.24) is 15.0 Å². The van der Waals surface area contributed by atoms with Crippen LogP contribution in [0.25, 0.3) is 16.7 Å². The van der Waals surface area contributed by atoms with Crippen molar-refractivity contribution < 1.29 is 5.11 Å². The van der Waals surface area contributed by atoms with Crippen LogP contribution in [0.3, 0.4) is 0 Å². The summed E-state index contributed by atoms with van der Waals surface area (Å²) in [5.74, 6) is 0.620. The highest BCUT2D eigenvalue weighted by Crippen LogP contribution is 2.40. The molecule has 0 saturated carbocycles. The zero-order valence-electron chi connectivity index (χ0n) is 14.8. The highest BCUT2D eigenvalue weighted by molar-refractivity contribution is 5.73. The molecule has 0 aliphatic carbocycles. The van der Waals surface area contributed by atoms with Crippen LogP contribution in [0.2, 0.25) is 0 Å². The molecule has 0 radical (unpaired) electrons. The molecule has 0 spiro atoms. The third-order valence-electron chi connectivity index (χ3n) is 4.53. The Kier molecular flexibility index (Phi) is 4.31. The molecule has 24 heavy (non-hydrogen) atoms. The second kappa shape index (κ2) is 6.27. The molecular weight excluding hydrogens is 298 g/mol. The first-order chi connectivity index (χ1) is 11.4. The second-order valence-corrected chi connectivity index (χ2v) is 7.43. The molecule has 1 unspecified atom stereocenters. The Bertz CT molecular complexity index is 812. The molecule has 0 amide bonds. The van der Waals surface area contributed by atoms with Gasteiger partial charge in [0.1, 0.15) is 22.5 Å². The van der Waals surface area contributed by atoms with E-state index < -0.39 is 0 Å². The highest BCUT2D eigenvalue weighted by atomic mass is 16.3. The van der Waals surface area contributed by atoms with Crippen molar-refractivity contribution in [2.24, 2.45) is 5.41 Å². The molecule has 0 saturated heterocycles. The molecule has 2 aromatic carbocycles. The standard InChI is InChI=1S/C20H25N3O/c1-5-8-15(20(2,3)4)14-11-12-19(24)18(13-14)23-21-16-9-6-7-10-17(16)22-23/h6-7,9-13,15,24H,5,8H2,1-4H3. The van der Waals surface area contributed by atoms with E-state index in [2.05, 4.69) is 37.9 Å². The van der Waals surface area contributed by atoms with E-state index in [9.17, 15) is 5.11 Å². The van der Waals surface area contributed by atoms with Gasteiger partial charge in [-0.15, -0.1) is 15.0 Å². The Hall–Kier alpha value is -2.36. The van der Waals surface area contributed by atoms with Gasteiger partial charge in [0.2, 0.25) is 0 Å². The van der Waals surface area contributed by atoms with E-state index >= 15 is 0 Å². The van der Waals surface area contributed by atoms with Crippen molar-refractivity contribution in [2.75, 3.05) is 0 Å². The molecule has 4 nitrogen and oxygen atoms in total. The van der Waals surface area contributed by atoms with Crippen LogP contribution in [0.4, 0.5) is 0 Å². The lowest BCUT2D eigenvalue weighted by atomic mass is 9.74. The maximum atomic E-state index is 10.3. The SMILES string of the molecule is CCCC(c1ccc(O)c(-n2nc3ccccc3n2)c1)C(C)(C)C. The van der Waals surface area contributed by atoms with Gasteiger partial charge in [0.15, 0.2) is 0 Å². The predicted molar refractivity (Wildman–Crippen MR) is 97.6 cm³/mol. The molecule has 4 heteroatoms. The number of phenols is 1. The van der Waals surface area contributed by atoms with Crippen LogP contribution in [-0.2, 0) is 0 Å². The third kappa shape index (κ3) is 3.14. The van der Waals surface area contributed by atoms with Crippen LogP contribution in [0, 0.1) is 5.41 Å². The van der Waals surface area contributed by atoms with Crippen molar-refractivity contribution in [3.8, 4) is 11.4 Å². The van der Waals surface area contributed by atoms with Crippen LogP contribution in [0.15, 0.2) is 42.5 Å². The van der Waals surface area contributed by atoms with Gasteiger partial charge in [0.25, 0.3) is 0 Å². The zero-order valence-corrected chi connectivity index (χ0v) is 14.8. The number of aromatic hydroxyl groups is 1. The Balaban J connectivity index is 2.08. The number of hydrogen-bond acceptors (Lipinski definition) is 3. The number of rotatable bonds is 4. The van der Waals surface area contributed by atoms with E-state index in [0.29, 0.717) is 11.6 Å².